The number of aliphatic hydroxyl groups is 2. The summed E-state index contributed by atoms with van der Waals surface area (Å²) in [5.74, 6) is 4.58. The van der Waals surface area contributed by atoms with E-state index in [1.807, 2.05) is 19.3 Å². The molecule has 0 saturated heterocycles. The predicted molar refractivity (Wildman–Crippen MR) is 94.2 cm³/mol. The van der Waals surface area contributed by atoms with E-state index in [-0.39, 0.29) is 31.2 Å². The second-order valence-corrected chi connectivity index (χ2v) is 5.19. The third-order valence-corrected chi connectivity index (χ3v) is 3.49. The molecule has 8 nitrogen and oxygen atoms in total. The van der Waals surface area contributed by atoms with E-state index in [9.17, 15) is 4.79 Å². The summed E-state index contributed by atoms with van der Waals surface area (Å²) < 4.78 is 0. The van der Waals surface area contributed by atoms with Gasteiger partial charge >= 0.3 is 0 Å². The molecule has 0 unspecified atom stereocenters. The van der Waals surface area contributed by atoms with Crippen LogP contribution < -0.4 is 21.9 Å². The molecule has 0 aliphatic carbocycles. The maximum absolute atomic E-state index is 10.7. The number of pyridine rings is 1. The second kappa shape index (κ2) is 15.0. The van der Waals surface area contributed by atoms with Crippen molar-refractivity contribution in [2.24, 2.45) is 5.84 Å². The molecule has 0 aliphatic rings. The van der Waals surface area contributed by atoms with Crippen LogP contribution in [0.4, 0.5) is 0 Å². The first kappa shape index (κ1) is 22.4. The first-order valence-electron chi connectivity index (χ1n) is 8.22. The number of nitrogens with two attached hydrogens (primary N) is 1. The number of carbonyl (C=O) groups excluding carboxylic acids is 1. The highest BCUT2D eigenvalue weighted by Gasteiger charge is 2.04. The lowest BCUT2D eigenvalue weighted by Gasteiger charge is -2.17. The number of aromatic nitrogens is 1. The van der Waals surface area contributed by atoms with Gasteiger partial charge in [-0.15, -0.1) is 0 Å². The molecule has 1 aromatic heterocycles. The summed E-state index contributed by atoms with van der Waals surface area (Å²) in [5.41, 5.74) is 2.53. The highest BCUT2D eigenvalue weighted by atomic mass is 16.3. The second-order valence-electron chi connectivity index (χ2n) is 5.19. The summed E-state index contributed by atoms with van der Waals surface area (Å²) >= 11 is 0. The van der Waals surface area contributed by atoms with Gasteiger partial charge in [-0.05, 0) is 25.0 Å². The van der Waals surface area contributed by atoms with Crippen LogP contribution in [0, 0.1) is 0 Å². The molecule has 0 spiro atoms. The van der Waals surface area contributed by atoms with E-state index in [2.05, 4.69) is 15.6 Å². The molecule has 2 atom stereocenters. The van der Waals surface area contributed by atoms with Gasteiger partial charge in [-0.1, -0.05) is 13.8 Å². The number of hydrogen-bond donors (Lipinski definition) is 6. The smallest absolute Gasteiger partial charge is 0.265 e. The Hall–Kier alpha value is -1.58. The number of hydrazine groups is 1. The van der Waals surface area contributed by atoms with Gasteiger partial charge in [0, 0.05) is 43.1 Å². The fraction of sp³-hybridized carbons (Fsp3) is 0.625. The quantitative estimate of drug-likeness (QED) is 0.145. The van der Waals surface area contributed by atoms with E-state index < -0.39 is 0 Å². The van der Waals surface area contributed by atoms with Crippen molar-refractivity contribution in [1.82, 2.24) is 21.0 Å². The van der Waals surface area contributed by atoms with Crippen molar-refractivity contribution in [2.45, 2.75) is 38.8 Å². The Bertz CT molecular complexity index is 397. The van der Waals surface area contributed by atoms with Crippen LogP contribution in [0.1, 0.15) is 37.0 Å². The van der Waals surface area contributed by atoms with Gasteiger partial charge in [-0.3, -0.25) is 15.2 Å². The zero-order valence-electron chi connectivity index (χ0n) is 14.5. The molecule has 138 valence electrons. The first-order valence-corrected chi connectivity index (χ1v) is 8.22. The minimum atomic E-state index is -0.303. The first-order chi connectivity index (χ1) is 11.6. The third-order valence-electron chi connectivity index (χ3n) is 3.49. The van der Waals surface area contributed by atoms with Crippen molar-refractivity contribution in [3.05, 3.63) is 30.1 Å². The van der Waals surface area contributed by atoms with Crippen molar-refractivity contribution in [2.75, 3.05) is 26.3 Å². The SMILES string of the molecule is CC[C@@H](CO)NCCN[C@@H](CC)CO.NNC(=O)c1ccncc1. The Morgan fingerprint density at radius 1 is 1.08 bits per heavy atom. The summed E-state index contributed by atoms with van der Waals surface area (Å²) in [5, 5.41) is 24.3. The maximum atomic E-state index is 10.7. The van der Waals surface area contributed by atoms with E-state index in [4.69, 9.17) is 16.1 Å². The van der Waals surface area contributed by atoms with Crippen LogP contribution in [0.5, 0.6) is 0 Å². The number of rotatable bonds is 10. The molecule has 1 amide bonds. The number of nitrogen functional groups attached to an aromatic ring is 1. The van der Waals surface area contributed by atoms with Gasteiger partial charge in [0.1, 0.15) is 0 Å². The summed E-state index contributed by atoms with van der Waals surface area (Å²) in [6, 6.07) is 3.57. The van der Waals surface area contributed by atoms with Gasteiger partial charge in [0.05, 0.1) is 13.2 Å². The topological polar surface area (TPSA) is 133 Å². The molecule has 0 fully saturated rings. The monoisotopic (exact) mass is 341 g/mol. The number of hydrogen-bond acceptors (Lipinski definition) is 7. The van der Waals surface area contributed by atoms with E-state index >= 15 is 0 Å². The van der Waals surface area contributed by atoms with Gasteiger partial charge in [-0.2, -0.15) is 0 Å². The number of nitrogens with zero attached hydrogens (tertiary/aromatic N) is 1. The number of aliphatic hydroxyl groups excluding tert-OH is 2. The van der Waals surface area contributed by atoms with E-state index in [1.54, 1.807) is 12.1 Å². The highest BCUT2D eigenvalue weighted by Crippen LogP contribution is 1.93. The summed E-state index contributed by atoms with van der Waals surface area (Å²) in [6.07, 6.45) is 4.94. The van der Waals surface area contributed by atoms with Gasteiger partial charge in [0.15, 0.2) is 0 Å². The maximum Gasteiger partial charge on any atom is 0.265 e. The Morgan fingerprint density at radius 2 is 1.54 bits per heavy atom. The average Bonchev–Trinajstić information content (AvgIpc) is 2.65. The molecular formula is C16H31N5O3. The van der Waals surface area contributed by atoms with Gasteiger partial charge in [0.25, 0.3) is 5.91 Å². The zero-order valence-corrected chi connectivity index (χ0v) is 14.5. The number of carbonyl (C=O) groups is 1. The van der Waals surface area contributed by atoms with Gasteiger partial charge in [0.2, 0.25) is 0 Å². The van der Waals surface area contributed by atoms with Crippen LogP contribution in [-0.2, 0) is 0 Å². The van der Waals surface area contributed by atoms with Crippen LogP contribution in [0.25, 0.3) is 0 Å². The van der Waals surface area contributed by atoms with Gasteiger partial charge in [-0.25, -0.2) is 5.84 Å². The van der Waals surface area contributed by atoms with E-state index in [0.717, 1.165) is 25.9 Å². The van der Waals surface area contributed by atoms with Crippen LogP contribution in [0.2, 0.25) is 0 Å². The fourth-order valence-corrected chi connectivity index (χ4v) is 1.82. The minimum Gasteiger partial charge on any atom is -0.395 e. The Morgan fingerprint density at radius 3 is 1.88 bits per heavy atom. The standard InChI is InChI=1S/C10H24N2O2.C6H7N3O/c1-3-9(7-13)11-5-6-12-10(4-2)8-14;7-9-6(10)5-1-3-8-4-2-5/h9-14H,3-8H2,1-2H3;1-4H,7H2,(H,9,10)/t9-,10-;/m0./s1. The van der Waals surface area contributed by atoms with Crippen LogP contribution >= 0.6 is 0 Å². The molecule has 1 rings (SSSR count). The fourth-order valence-electron chi connectivity index (χ4n) is 1.82. The van der Waals surface area contributed by atoms with Crippen LogP contribution in [-0.4, -0.2) is 59.5 Å². The molecule has 0 aliphatic heterocycles. The lowest BCUT2D eigenvalue weighted by Crippen LogP contribution is -2.40. The Kier molecular flexibility index (Phi) is 14.0. The number of nitrogens with one attached hydrogen (secondary N) is 3. The molecule has 1 aromatic rings. The van der Waals surface area contributed by atoms with Crippen molar-refractivity contribution < 1.29 is 15.0 Å². The predicted octanol–water partition coefficient (Wildman–Crippen LogP) is -0.607. The average molecular weight is 341 g/mol. The Balaban J connectivity index is 0.000000463. The van der Waals surface area contributed by atoms with Crippen molar-refractivity contribution >= 4 is 5.91 Å². The third kappa shape index (κ3) is 10.2. The molecule has 0 bridgehead atoms. The molecule has 1 heterocycles. The molecule has 0 saturated carbocycles. The molecule has 0 radical (unpaired) electrons. The molecule has 7 N–H and O–H groups in total. The van der Waals surface area contributed by atoms with E-state index in [0.29, 0.717) is 5.56 Å². The van der Waals surface area contributed by atoms with Crippen LogP contribution in [0.15, 0.2) is 24.5 Å². The van der Waals surface area contributed by atoms with Crippen molar-refractivity contribution in [3.8, 4) is 0 Å². The zero-order chi connectivity index (χ0) is 18.2. The molecule has 0 aromatic carbocycles. The number of amides is 1. The Labute approximate surface area is 143 Å². The van der Waals surface area contributed by atoms with Crippen molar-refractivity contribution in [3.63, 3.8) is 0 Å². The van der Waals surface area contributed by atoms with Gasteiger partial charge < -0.3 is 20.8 Å². The van der Waals surface area contributed by atoms with E-state index in [1.165, 1.54) is 12.4 Å². The molecule has 8 heteroatoms. The largest absolute Gasteiger partial charge is 0.395 e. The summed E-state index contributed by atoms with van der Waals surface area (Å²) in [4.78, 5) is 14.5. The lowest BCUT2D eigenvalue weighted by molar-refractivity contribution is 0.0953. The highest BCUT2D eigenvalue weighted by molar-refractivity contribution is 5.93. The van der Waals surface area contributed by atoms with Crippen LogP contribution in [0.3, 0.4) is 0 Å². The lowest BCUT2D eigenvalue weighted by atomic mass is 10.2. The summed E-state index contributed by atoms with van der Waals surface area (Å²) in [7, 11) is 0. The normalized spacial score (nSPS) is 12.7. The molecule has 24 heavy (non-hydrogen) atoms. The molecular weight excluding hydrogens is 310 g/mol. The summed E-state index contributed by atoms with van der Waals surface area (Å²) in [6.45, 7) is 6.13. The minimum absolute atomic E-state index is 0.188. The van der Waals surface area contributed by atoms with Crippen molar-refractivity contribution in [1.29, 1.82) is 0 Å².